The molecule has 0 bridgehead atoms. The highest BCUT2D eigenvalue weighted by molar-refractivity contribution is 8.00. The van der Waals surface area contributed by atoms with Gasteiger partial charge in [0.25, 0.3) is 11.8 Å². The third-order valence-corrected chi connectivity index (χ3v) is 8.83. The zero-order chi connectivity index (χ0) is 31.8. The maximum Gasteiger partial charge on any atom is 0.272 e. The average molecular weight is 617 g/mol. The van der Waals surface area contributed by atoms with E-state index in [1.165, 1.54) is 11.8 Å². The van der Waals surface area contributed by atoms with Gasteiger partial charge in [0.1, 0.15) is 5.70 Å². The van der Waals surface area contributed by atoms with Crippen LogP contribution in [0.4, 0.5) is 11.4 Å². The van der Waals surface area contributed by atoms with E-state index in [1.54, 1.807) is 42.6 Å². The fraction of sp³-hybridized carbons (Fsp3) is 0.162. The highest BCUT2D eigenvalue weighted by Crippen LogP contribution is 2.30. The predicted octanol–water partition coefficient (Wildman–Crippen LogP) is 7.96. The van der Waals surface area contributed by atoms with Crippen molar-refractivity contribution in [1.29, 1.82) is 0 Å². The predicted molar refractivity (Wildman–Crippen MR) is 184 cm³/mol. The van der Waals surface area contributed by atoms with Crippen molar-refractivity contribution in [3.8, 4) is 0 Å². The highest BCUT2D eigenvalue weighted by atomic mass is 32.2. The van der Waals surface area contributed by atoms with Crippen LogP contribution in [0.15, 0.2) is 114 Å². The molecule has 5 aromatic rings. The average Bonchev–Trinajstić information content (AvgIpc) is 3.47. The van der Waals surface area contributed by atoms with Gasteiger partial charge in [-0.1, -0.05) is 74.5 Å². The van der Waals surface area contributed by atoms with Crippen LogP contribution in [0.5, 0.6) is 0 Å². The molecule has 0 aliphatic heterocycles. The summed E-state index contributed by atoms with van der Waals surface area (Å²) >= 11 is 1.45. The summed E-state index contributed by atoms with van der Waals surface area (Å²) in [5.41, 5.74) is 5.78. The quantitative estimate of drug-likeness (QED) is 0.0893. The smallest absolute Gasteiger partial charge is 0.272 e. The van der Waals surface area contributed by atoms with Crippen molar-refractivity contribution in [2.45, 2.75) is 43.8 Å². The van der Waals surface area contributed by atoms with Crippen LogP contribution >= 0.6 is 11.8 Å². The number of nitrogens with one attached hydrogen (secondary N) is 4. The van der Waals surface area contributed by atoms with E-state index in [0.29, 0.717) is 17.7 Å². The lowest BCUT2D eigenvalue weighted by molar-refractivity contribution is -0.116. The summed E-state index contributed by atoms with van der Waals surface area (Å²) in [4.78, 5) is 44.1. The second-order valence-electron chi connectivity index (χ2n) is 10.6. The molecule has 5 rings (SSSR count). The van der Waals surface area contributed by atoms with Gasteiger partial charge in [0.2, 0.25) is 5.91 Å². The van der Waals surface area contributed by atoms with Crippen molar-refractivity contribution in [3.05, 3.63) is 131 Å². The van der Waals surface area contributed by atoms with Crippen molar-refractivity contribution in [2.75, 3.05) is 10.6 Å². The molecule has 4 N–H and O–H groups in total. The molecule has 0 saturated heterocycles. The SMILES string of the molecule is CCc1cccc(C)c1NC(=O)C(CC)Sc1cccc(NC(=O)/C(=C/c2c[nH]c3ccccc23)NC(=O)c2ccccc2)c1. The van der Waals surface area contributed by atoms with Gasteiger partial charge in [-0.05, 0) is 73.4 Å². The second-order valence-corrected chi connectivity index (χ2v) is 11.9. The second kappa shape index (κ2) is 14.6. The standard InChI is InChI=1S/C37H36N4O3S/c1-4-25-16-11-13-24(3)34(25)41-37(44)33(5-2)45-29-18-12-17-28(22-29)39-36(43)32(40-35(42)26-14-7-6-8-15-26)21-27-23-38-31-20-10-9-19-30(27)31/h6-23,33,38H,4-5H2,1-3H3,(H,39,43)(H,40,42)(H,41,44)/b32-21-. The fourth-order valence-corrected chi connectivity index (χ4v) is 6.06. The molecule has 0 aliphatic rings. The number of anilines is 2. The van der Waals surface area contributed by atoms with Crippen molar-refractivity contribution < 1.29 is 14.4 Å². The number of thioether (sulfide) groups is 1. The maximum atomic E-state index is 13.7. The molecule has 0 fully saturated rings. The molecule has 4 aromatic carbocycles. The number of hydrogen-bond acceptors (Lipinski definition) is 4. The number of benzene rings is 4. The van der Waals surface area contributed by atoms with Crippen LogP contribution < -0.4 is 16.0 Å². The van der Waals surface area contributed by atoms with Crippen LogP contribution in [-0.2, 0) is 16.0 Å². The normalized spacial score (nSPS) is 12.0. The van der Waals surface area contributed by atoms with Gasteiger partial charge in [-0.25, -0.2) is 0 Å². The summed E-state index contributed by atoms with van der Waals surface area (Å²) in [6, 6.07) is 29.9. The molecule has 0 radical (unpaired) electrons. The minimum absolute atomic E-state index is 0.0616. The Kier molecular flexibility index (Phi) is 10.2. The molecule has 3 amide bonds. The van der Waals surface area contributed by atoms with Gasteiger partial charge < -0.3 is 20.9 Å². The lowest BCUT2D eigenvalue weighted by Crippen LogP contribution is -2.30. The Labute approximate surface area is 267 Å². The first-order valence-corrected chi connectivity index (χ1v) is 15.9. The molecule has 45 heavy (non-hydrogen) atoms. The van der Waals surface area contributed by atoms with Gasteiger partial charge in [0.15, 0.2) is 0 Å². The van der Waals surface area contributed by atoms with E-state index in [0.717, 1.165) is 44.6 Å². The van der Waals surface area contributed by atoms with E-state index in [9.17, 15) is 14.4 Å². The van der Waals surface area contributed by atoms with E-state index in [1.807, 2.05) is 80.6 Å². The number of hydrogen-bond donors (Lipinski definition) is 4. The molecule has 1 aromatic heterocycles. The van der Waals surface area contributed by atoms with Crippen molar-refractivity contribution >= 4 is 57.8 Å². The van der Waals surface area contributed by atoms with E-state index < -0.39 is 11.8 Å². The summed E-state index contributed by atoms with van der Waals surface area (Å²) in [6.07, 6.45) is 4.93. The topological polar surface area (TPSA) is 103 Å². The van der Waals surface area contributed by atoms with E-state index in [-0.39, 0.29) is 16.9 Å². The summed E-state index contributed by atoms with van der Waals surface area (Å²) in [5.74, 6) is -0.922. The number of H-pyrrole nitrogens is 1. The third kappa shape index (κ3) is 7.72. The molecule has 1 atom stereocenters. The number of rotatable bonds is 11. The molecule has 7 nitrogen and oxygen atoms in total. The van der Waals surface area contributed by atoms with Gasteiger partial charge in [-0.15, -0.1) is 11.8 Å². The van der Waals surface area contributed by atoms with Crippen LogP contribution in [0.2, 0.25) is 0 Å². The summed E-state index contributed by atoms with van der Waals surface area (Å²) in [5, 5.41) is 9.48. The number of carbonyl (C=O) groups is 3. The number of amides is 3. The van der Waals surface area contributed by atoms with E-state index in [4.69, 9.17) is 0 Å². The first-order chi connectivity index (χ1) is 21.9. The Morgan fingerprint density at radius 2 is 1.62 bits per heavy atom. The van der Waals surface area contributed by atoms with Crippen molar-refractivity contribution in [1.82, 2.24) is 10.3 Å². The largest absolute Gasteiger partial charge is 0.361 e. The Hall–Kier alpha value is -5.08. The van der Waals surface area contributed by atoms with Gasteiger partial charge in [0.05, 0.1) is 5.25 Å². The minimum Gasteiger partial charge on any atom is -0.361 e. The lowest BCUT2D eigenvalue weighted by Gasteiger charge is -2.18. The van der Waals surface area contributed by atoms with Gasteiger partial charge in [-0.2, -0.15) is 0 Å². The summed E-state index contributed by atoms with van der Waals surface area (Å²) in [6.45, 7) is 6.06. The number of para-hydroxylation sites is 2. The Balaban J connectivity index is 1.35. The zero-order valence-electron chi connectivity index (χ0n) is 25.5. The Morgan fingerprint density at radius 1 is 0.867 bits per heavy atom. The van der Waals surface area contributed by atoms with Gasteiger partial charge in [0, 0.05) is 44.5 Å². The summed E-state index contributed by atoms with van der Waals surface area (Å²) in [7, 11) is 0. The summed E-state index contributed by atoms with van der Waals surface area (Å²) < 4.78 is 0. The lowest BCUT2D eigenvalue weighted by atomic mass is 10.1. The van der Waals surface area contributed by atoms with Crippen LogP contribution in [0.25, 0.3) is 17.0 Å². The molecule has 1 heterocycles. The molecule has 0 saturated carbocycles. The molecule has 1 unspecified atom stereocenters. The van der Waals surface area contributed by atoms with Crippen LogP contribution in [0.3, 0.4) is 0 Å². The van der Waals surface area contributed by atoms with Crippen LogP contribution in [0, 0.1) is 6.92 Å². The monoisotopic (exact) mass is 616 g/mol. The molecular formula is C37H36N4O3S. The number of aromatic nitrogens is 1. The Bertz CT molecular complexity index is 1860. The third-order valence-electron chi connectivity index (χ3n) is 7.47. The van der Waals surface area contributed by atoms with Crippen molar-refractivity contribution in [3.63, 3.8) is 0 Å². The van der Waals surface area contributed by atoms with E-state index in [2.05, 4.69) is 27.9 Å². The number of carbonyl (C=O) groups excluding carboxylic acids is 3. The number of aromatic amines is 1. The van der Waals surface area contributed by atoms with Crippen LogP contribution in [-0.4, -0.2) is 28.0 Å². The van der Waals surface area contributed by atoms with Crippen molar-refractivity contribution in [2.24, 2.45) is 0 Å². The molecular weight excluding hydrogens is 580 g/mol. The highest BCUT2D eigenvalue weighted by Gasteiger charge is 2.21. The molecule has 0 spiro atoms. The molecule has 228 valence electrons. The number of aryl methyl sites for hydroxylation is 2. The molecule has 0 aliphatic carbocycles. The Morgan fingerprint density at radius 3 is 2.40 bits per heavy atom. The fourth-order valence-electron chi connectivity index (χ4n) is 5.05. The van der Waals surface area contributed by atoms with Crippen LogP contribution in [0.1, 0.15) is 47.3 Å². The first-order valence-electron chi connectivity index (χ1n) is 15.0. The zero-order valence-corrected chi connectivity index (χ0v) is 26.3. The maximum absolute atomic E-state index is 13.7. The van der Waals surface area contributed by atoms with E-state index >= 15 is 0 Å². The van der Waals surface area contributed by atoms with Gasteiger partial charge >= 0.3 is 0 Å². The van der Waals surface area contributed by atoms with Gasteiger partial charge in [-0.3, -0.25) is 14.4 Å². The minimum atomic E-state index is -0.469. The first kappa shape index (κ1) is 31.3. The molecule has 8 heteroatoms. The number of fused-ring (bicyclic) bond motifs is 1.